The normalized spacial score (nSPS) is 10.9. The third-order valence-electron chi connectivity index (χ3n) is 3.08. The quantitative estimate of drug-likeness (QED) is 0.756. The van der Waals surface area contributed by atoms with E-state index >= 15 is 0 Å². The molecule has 0 aliphatic heterocycles. The van der Waals surface area contributed by atoms with Crippen LogP contribution in [0.5, 0.6) is 0 Å². The molecule has 0 amide bonds. The minimum Gasteiger partial charge on any atom is -0.383 e. The molecule has 3 rings (SSSR count). The lowest BCUT2D eigenvalue weighted by Crippen LogP contribution is -1.99. The molecule has 0 radical (unpaired) electrons. The number of nitrogens with zero attached hydrogens (tertiary/aromatic N) is 1. The third kappa shape index (κ3) is 1.97. The zero-order chi connectivity index (χ0) is 12.5. The minimum atomic E-state index is 0.635. The Hall–Kier alpha value is -1.87. The van der Waals surface area contributed by atoms with Crippen molar-refractivity contribution >= 4 is 27.2 Å². The van der Waals surface area contributed by atoms with E-state index in [9.17, 15) is 0 Å². The summed E-state index contributed by atoms with van der Waals surface area (Å²) in [7, 11) is 0. The standard InChI is InChI=1S/C15H14N2S/c1-10-6-11(15(16)17-8-10)7-12-9-18-14-5-3-2-4-13(12)14/h2-6,8-9H,7H2,1H3,(H2,16,17). The maximum atomic E-state index is 5.94. The number of hydrogen-bond donors (Lipinski definition) is 1. The fourth-order valence-electron chi connectivity index (χ4n) is 2.16. The predicted molar refractivity (Wildman–Crippen MR) is 78.0 cm³/mol. The largest absolute Gasteiger partial charge is 0.383 e. The lowest BCUT2D eigenvalue weighted by molar-refractivity contribution is 1.15. The second-order valence-electron chi connectivity index (χ2n) is 4.49. The molecule has 18 heavy (non-hydrogen) atoms. The molecule has 2 nitrogen and oxygen atoms in total. The first-order valence-corrected chi connectivity index (χ1v) is 6.78. The monoisotopic (exact) mass is 254 g/mol. The van der Waals surface area contributed by atoms with Gasteiger partial charge in [-0.25, -0.2) is 4.98 Å². The van der Waals surface area contributed by atoms with Crippen molar-refractivity contribution in [2.75, 3.05) is 5.73 Å². The van der Waals surface area contributed by atoms with Crippen LogP contribution in [0.3, 0.4) is 0 Å². The second-order valence-corrected chi connectivity index (χ2v) is 5.40. The van der Waals surface area contributed by atoms with E-state index in [0.717, 1.165) is 17.5 Å². The van der Waals surface area contributed by atoms with Crippen LogP contribution >= 0.6 is 11.3 Å². The van der Waals surface area contributed by atoms with Crippen molar-refractivity contribution in [2.24, 2.45) is 0 Å². The molecule has 90 valence electrons. The maximum absolute atomic E-state index is 5.94. The lowest BCUT2D eigenvalue weighted by Gasteiger charge is -2.05. The Morgan fingerprint density at radius 2 is 2.06 bits per heavy atom. The zero-order valence-corrected chi connectivity index (χ0v) is 11.0. The van der Waals surface area contributed by atoms with Gasteiger partial charge in [-0.1, -0.05) is 24.3 Å². The number of pyridine rings is 1. The van der Waals surface area contributed by atoms with Gasteiger partial charge in [0.25, 0.3) is 0 Å². The van der Waals surface area contributed by atoms with Crippen molar-refractivity contribution in [1.29, 1.82) is 0 Å². The van der Waals surface area contributed by atoms with Crippen LogP contribution in [-0.2, 0) is 6.42 Å². The van der Waals surface area contributed by atoms with Crippen molar-refractivity contribution in [1.82, 2.24) is 4.98 Å². The number of anilines is 1. The first-order chi connectivity index (χ1) is 8.74. The van der Waals surface area contributed by atoms with Gasteiger partial charge in [-0.2, -0.15) is 0 Å². The first-order valence-electron chi connectivity index (χ1n) is 5.90. The van der Waals surface area contributed by atoms with E-state index in [1.165, 1.54) is 15.6 Å². The Morgan fingerprint density at radius 1 is 1.22 bits per heavy atom. The van der Waals surface area contributed by atoms with Crippen LogP contribution in [0.4, 0.5) is 5.82 Å². The van der Waals surface area contributed by atoms with E-state index < -0.39 is 0 Å². The number of hydrogen-bond acceptors (Lipinski definition) is 3. The molecule has 0 saturated heterocycles. The molecule has 0 aliphatic rings. The number of thiophene rings is 1. The molecule has 3 aromatic rings. The van der Waals surface area contributed by atoms with Gasteiger partial charge in [-0.05, 0) is 40.4 Å². The minimum absolute atomic E-state index is 0.635. The number of aryl methyl sites for hydroxylation is 1. The highest BCUT2D eigenvalue weighted by atomic mass is 32.1. The molecular formula is C15H14N2S. The highest BCUT2D eigenvalue weighted by molar-refractivity contribution is 7.17. The van der Waals surface area contributed by atoms with Crippen LogP contribution in [0.25, 0.3) is 10.1 Å². The van der Waals surface area contributed by atoms with E-state index in [1.54, 1.807) is 11.3 Å². The smallest absolute Gasteiger partial charge is 0.126 e. The van der Waals surface area contributed by atoms with Crippen molar-refractivity contribution in [3.63, 3.8) is 0 Å². The van der Waals surface area contributed by atoms with Gasteiger partial charge in [0.05, 0.1) is 0 Å². The van der Waals surface area contributed by atoms with Gasteiger partial charge >= 0.3 is 0 Å². The molecule has 1 aromatic carbocycles. The lowest BCUT2D eigenvalue weighted by atomic mass is 10.0. The molecule has 0 unspecified atom stereocenters. The van der Waals surface area contributed by atoms with Gasteiger partial charge in [0.15, 0.2) is 0 Å². The fourth-order valence-corrected chi connectivity index (χ4v) is 3.12. The molecule has 0 saturated carbocycles. The van der Waals surface area contributed by atoms with Crippen LogP contribution in [0.15, 0.2) is 41.9 Å². The number of rotatable bonds is 2. The predicted octanol–water partition coefficient (Wildman–Crippen LogP) is 3.78. The van der Waals surface area contributed by atoms with E-state index in [4.69, 9.17) is 5.73 Å². The molecule has 0 spiro atoms. The second kappa shape index (κ2) is 4.42. The van der Waals surface area contributed by atoms with Crippen molar-refractivity contribution in [2.45, 2.75) is 13.3 Å². The summed E-state index contributed by atoms with van der Waals surface area (Å²) >= 11 is 1.78. The van der Waals surface area contributed by atoms with Crippen molar-refractivity contribution < 1.29 is 0 Å². The molecule has 0 bridgehead atoms. The molecule has 2 aromatic heterocycles. The van der Waals surface area contributed by atoms with Crippen LogP contribution in [0.1, 0.15) is 16.7 Å². The van der Waals surface area contributed by atoms with Crippen LogP contribution in [0, 0.1) is 6.92 Å². The van der Waals surface area contributed by atoms with Gasteiger partial charge in [0.2, 0.25) is 0 Å². The molecular weight excluding hydrogens is 240 g/mol. The molecule has 0 aliphatic carbocycles. The number of benzene rings is 1. The summed E-state index contributed by atoms with van der Waals surface area (Å²) < 4.78 is 1.33. The Labute approximate surface area is 110 Å². The summed E-state index contributed by atoms with van der Waals surface area (Å²) in [6, 6.07) is 10.6. The van der Waals surface area contributed by atoms with E-state index in [1.807, 2.05) is 13.1 Å². The summed E-state index contributed by atoms with van der Waals surface area (Å²) in [4.78, 5) is 4.22. The molecule has 3 heteroatoms. The van der Waals surface area contributed by atoms with E-state index in [2.05, 4.69) is 40.7 Å². The summed E-state index contributed by atoms with van der Waals surface area (Å²) in [5, 5.41) is 3.54. The Kier molecular flexibility index (Phi) is 2.76. The molecule has 0 fully saturated rings. The van der Waals surface area contributed by atoms with Crippen LogP contribution < -0.4 is 5.73 Å². The SMILES string of the molecule is Cc1cnc(N)c(Cc2csc3ccccc23)c1. The first kappa shape index (κ1) is 11.2. The van der Waals surface area contributed by atoms with Crippen LogP contribution in [-0.4, -0.2) is 4.98 Å². The zero-order valence-electron chi connectivity index (χ0n) is 10.2. The van der Waals surface area contributed by atoms with Crippen molar-refractivity contribution in [3.8, 4) is 0 Å². The average Bonchev–Trinajstić information content (AvgIpc) is 2.78. The van der Waals surface area contributed by atoms with Gasteiger partial charge in [0.1, 0.15) is 5.82 Å². The third-order valence-corrected chi connectivity index (χ3v) is 4.09. The van der Waals surface area contributed by atoms with Gasteiger partial charge < -0.3 is 5.73 Å². The summed E-state index contributed by atoms with van der Waals surface area (Å²) in [6.07, 6.45) is 2.66. The van der Waals surface area contributed by atoms with E-state index in [-0.39, 0.29) is 0 Å². The van der Waals surface area contributed by atoms with Gasteiger partial charge in [-0.15, -0.1) is 11.3 Å². The number of fused-ring (bicyclic) bond motifs is 1. The number of nitrogens with two attached hydrogens (primary N) is 1. The molecule has 2 heterocycles. The Bertz CT molecular complexity index is 701. The summed E-state index contributed by atoms with van der Waals surface area (Å²) in [6.45, 7) is 2.04. The average molecular weight is 254 g/mol. The number of nitrogen functional groups attached to an aromatic ring is 1. The maximum Gasteiger partial charge on any atom is 0.126 e. The van der Waals surface area contributed by atoms with Gasteiger partial charge in [-0.3, -0.25) is 0 Å². The van der Waals surface area contributed by atoms with Gasteiger partial charge in [0, 0.05) is 17.3 Å². The van der Waals surface area contributed by atoms with Crippen molar-refractivity contribution in [3.05, 3.63) is 58.6 Å². The fraction of sp³-hybridized carbons (Fsp3) is 0.133. The molecule has 0 atom stereocenters. The Morgan fingerprint density at radius 3 is 2.94 bits per heavy atom. The van der Waals surface area contributed by atoms with E-state index in [0.29, 0.717) is 5.82 Å². The van der Waals surface area contributed by atoms with Crippen LogP contribution in [0.2, 0.25) is 0 Å². The summed E-state index contributed by atoms with van der Waals surface area (Å²) in [5.74, 6) is 0.635. The highest BCUT2D eigenvalue weighted by Gasteiger charge is 2.07. The highest BCUT2D eigenvalue weighted by Crippen LogP contribution is 2.28. The molecule has 2 N–H and O–H groups in total. The number of aromatic nitrogens is 1. The Balaban J connectivity index is 2.04. The summed E-state index contributed by atoms with van der Waals surface area (Å²) in [5.41, 5.74) is 9.53. The topological polar surface area (TPSA) is 38.9 Å².